The van der Waals surface area contributed by atoms with Crippen LogP contribution in [0.3, 0.4) is 0 Å². The molecular formula is C26H24ClN5O2. The number of aromatic nitrogens is 2. The molecule has 172 valence electrons. The third-order valence-electron chi connectivity index (χ3n) is 5.88. The van der Waals surface area contributed by atoms with Crippen molar-refractivity contribution in [2.24, 2.45) is 0 Å². The quantitative estimate of drug-likeness (QED) is 0.409. The van der Waals surface area contributed by atoms with E-state index in [1.807, 2.05) is 30.3 Å². The van der Waals surface area contributed by atoms with Gasteiger partial charge >= 0.3 is 0 Å². The number of para-hydroxylation sites is 1. The Balaban J connectivity index is 1.40. The molecule has 2 aromatic heterocycles. The van der Waals surface area contributed by atoms with Crippen molar-refractivity contribution in [3.8, 4) is 5.75 Å². The molecule has 0 atom stereocenters. The predicted molar refractivity (Wildman–Crippen MR) is 135 cm³/mol. The molecule has 0 unspecified atom stereocenters. The topological polar surface area (TPSA) is 79.4 Å². The second-order valence-corrected chi connectivity index (χ2v) is 8.58. The molecule has 0 spiro atoms. The summed E-state index contributed by atoms with van der Waals surface area (Å²) in [7, 11) is 1.56. The number of methoxy groups -OCH3 is 1. The fourth-order valence-corrected chi connectivity index (χ4v) is 4.45. The minimum absolute atomic E-state index is 0.124. The van der Waals surface area contributed by atoms with Crippen LogP contribution in [0, 0.1) is 0 Å². The van der Waals surface area contributed by atoms with Gasteiger partial charge in [0, 0.05) is 59.3 Å². The molecule has 34 heavy (non-hydrogen) atoms. The third kappa shape index (κ3) is 4.66. The van der Waals surface area contributed by atoms with Crippen molar-refractivity contribution in [1.29, 1.82) is 0 Å². The first kappa shape index (κ1) is 22.1. The van der Waals surface area contributed by atoms with E-state index in [4.69, 9.17) is 21.3 Å². The van der Waals surface area contributed by atoms with E-state index in [0.29, 0.717) is 23.0 Å². The van der Waals surface area contributed by atoms with Crippen LogP contribution < -0.4 is 15.4 Å². The number of fused-ring (bicyclic) bond motifs is 2. The first-order valence-electron chi connectivity index (χ1n) is 11.0. The van der Waals surface area contributed by atoms with Crippen LogP contribution in [0.15, 0.2) is 67.0 Å². The van der Waals surface area contributed by atoms with Gasteiger partial charge in [-0.25, -0.2) is 0 Å². The summed E-state index contributed by atoms with van der Waals surface area (Å²) in [4.78, 5) is 24.0. The number of carbonyl (C=O) groups excluding carboxylic acids is 1. The minimum Gasteiger partial charge on any atom is -0.495 e. The maximum Gasteiger partial charge on any atom is 0.238 e. The first-order valence-corrected chi connectivity index (χ1v) is 11.4. The molecule has 1 aliphatic rings. The molecular weight excluding hydrogens is 450 g/mol. The van der Waals surface area contributed by atoms with E-state index in [1.54, 1.807) is 37.7 Å². The largest absolute Gasteiger partial charge is 0.495 e. The molecule has 1 aliphatic heterocycles. The van der Waals surface area contributed by atoms with Crippen LogP contribution in [0.1, 0.15) is 11.3 Å². The number of amides is 1. The van der Waals surface area contributed by atoms with Crippen LogP contribution >= 0.6 is 11.6 Å². The first-order chi connectivity index (χ1) is 16.6. The number of pyridine rings is 2. The zero-order valence-electron chi connectivity index (χ0n) is 18.7. The lowest BCUT2D eigenvalue weighted by atomic mass is 9.99. The van der Waals surface area contributed by atoms with E-state index < -0.39 is 0 Å². The second kappa shape index (κ2) is 9.67. The van der Waals surface area contributed by atoms with Crippen molar-refractivity contribution in [3.05, 3.63) is 83.3 Å². The van der Waals surface area contributed by atoms with Crippen LogP contribution in [-0.4, -0.2) is 41.0 Å². The summed E-state index contributed by atoms with van der Waals surface area (Å²) in [6.07, 6.45) is 4.29. The van der Waals surface area contributed by atoms with Crippen LogP contribution in [-0.2, 0) is 17.8 Å². The number of nitrogens with one attached hydrogen (secondary N) is 2. The highest BCUT2D eigenvalue weighted by molar-refractivity contribution is 6.31. The minimum atomic E-state index is -0.124. The van der Waals surface area contributed by atoms with Gasteiger partial charge in [0.2, 0.25) is 5.91 Å². The molecule has 4 aromatic rings. The zero-order chi connectivity index (χ0) is 23.5. The lowest BCUT2D eigenvalue weighted by Crippen LogP contribution is -2.37. The Morgan fingerprint density at radius 2 is 1.97 bits per heavy atom. The summed E-state index contributed by atoms with van der Waals surface area (Å²) in [6.45, 7) is 1.60. The number of halogens is 1. The molecule has 5 rings (SSSR count). The van der Waals surface area contributed by atoms with Gasteiger partial charge < -0.3 is 15.4 Å². The summed E-state index contributed by atoms with van der Waals surface area (Å²) < 4.78 is 5.34. The Morgan fingerprint density at radius 3 is 2.79 bits per heavy atom. The van der Waals surface area contributed by atoms with E-state index in [2.05, 4.69) is 26.6 Å². The van der Waals surface area contributed by atoms with Gasteiger partial charge in [0.15, 0.2) is 0 Å². The number of benzene rings is 2. The second-order valence-electron chi connectivity index (χ2n) is 8.14. The number of anilines is 3. The van der Waals surface area contributed by atoms with Crippen LogP contribution in [0.2, 0.25) is 5.02 Å². The van der Waals surface area contributed by atoms with Gasteiger partial charge in [-0.2, -0.15) is 0 Å². The zero-order valence-corrected chi connectivity index (χ0v) is 19.5. The molecule has 0 saturated carbocycles. The van der Waals surface area contributed by atoms with Crippen molar-refractivity contribution >= 4 is 45.5 Å². The average molecular weight is 474 g/mol. The number of rotatable bonds is 6. The van der Waals surface area contributed by atoms with E-state index in [1.165, 1.54) is 0 Å². The van der Waals surface area contributed by atoms with Crippen LogP contribution in [0.4, 0.5) is 17.1 Å². The van der Waals surface area contributed by atoms with E-state index in [-0.39, 0.29) is 12.5 Å². The van der Waals surface area contributed by atoms with Gasteiger partial charge in [-0.3, -0.25) is 19.7 Å². The predicted octanol–water partition coefficient (Wildman–Crippen LogP) is 5.03. The number of hydrogen-bond donors (Lipinski definition) is 2. The maximum absolute atomic E-state index is 12.9. The lowest BCUT2D eigenvalue weighted by Gasteiger charge is -2.30. The van der Waals surface area contributed by atoms with Crippen LogP contribution in [0.25, 0.3) is 10.9 Å². The normalized spacial score (nSPS) is 13.4. The summed E-state index contributed by atoms with van der Waals surface area (Å²) in [5, 5.41) is 8.09. The molecule has 3 heterocycles. The number of carbonyl (C=O) groups is 1. The smallest absolute Gasteiger partial charge is 0.238 e. The fraction of sp³-hybridized carbons (Fsp3) is 0.192. The molecule has 2 N–H and O–H groups in total. The van der Waals surface area contributed by atoms with Gasteiger partial charge in [-0.15, -0.1) is 0 Å². The number of hydrogen-bond acceptors (Lipinski definition) is 6. The third-order valence-corrected chi connectivity index (χ3v) is 6.11. The van der Waals surface area contributed by atoms with Crippen molar-refractivity contribution in [1.82, 2.24) is 14.9 Å². The molecule has 8 heteroatoms. The Labute approximate surface area is 202 Å². The summed E-state index contributed by atoms with van der Waals surface area (Å²) in [5.74, 6) is 0.447. The Kier molecular flexibility index (Phi) is 6.29. The number of nitrogens with zero attached hydrogens (tertiary/aromatic N) is 3. The van der Waals surface area contributed by atoms with Gasteiger partial charge in [-0.05, 0) is 36.4 Å². The SMILES string of the molecule is COc1ccc(Cl)cc1NC(=O)CN1CCc2nc3ccccc3c(Nc3ccncc3)c2C1. The molecule has 2 aromatic carbocycles. The van der Waals surface area contributed by atoms with Gasteiger partial charge in [0.25, 0.3) is 0 Å². The lowest BCUT2D eigenvalue weighted by molar-refractivity contribution is -0.117. The highest BCUT2D eigenvalue weighted by atomic mass is 35.5. The Hall–Kier alpha value is -3.68. The maximum atomic E-state index is 12.9. The fourth-order valence-electron chi connectivity index (χ4n) is 4.27. The molecule has 0 aliphatic carbocycles. The van der Waals surface area contributed by atoms with Gasteiger partial charge in [0.05, 0.1) is 30.5 Å². The van der Waals surface area contributed by atoms with Crippen LogP contribution in [0.5, 0.6) is 5.75 Å². The van der Waals surface area contributed by atoms with Crippen molar-refractivity contribution < 1.29 is 9.53 Å². The summed E-state index contributed by atoms with van der Waals surface area (Å²) in [6, 6.07) is 17.2. The monoisotopic (exact) mass is 473 g/mol. The van der Waals surface area contributed by atoms with Crippen molar-refractivity contribution in [2.45, 2.75) is 13.0 Å². The summed E-state index contributed by atoms with van der Waals surface area (Å²) >= 11 is 6.10. The average Bonchev–Trinajstić information content (AvgIpc) is 2.85. The standard InChI is InChI=1S/C26H24ClN5O2/c1-34-24-7-6-17(27)14-23(24)31-25(33)16-32-13-10-22-20(15-32)26(29-18-8-11-28-12-9-18)19-4-2-3-5-21(19)30-22/h2-9,11-12,14H,10,13,15-16H2,1H3,(H,31,33)(H,28,29,30). The Bertz CT molecular complexity index is 1350. The molecule has 7 nitrogen and oxygen atoms in total. The molecule has 0 saturated heterocycles. The van der Waals surface area contributed by atoms with Gasteiger partial charge in [-0.1, -0.05) is 29.8 Å². The molecule has 0 radical (unpaired) electrons. The Morgan fingerprint density at radius 1 is 1.15 bits per heavy atom. The number of ether oxygens (including phenoxy) is 1. The molecule has 1 amide bonds. The van der Waals surface area contributed by atoms with E-state index in [9.17, 15) is 4.79 Å². The molecule has 0 bridgehead atoms. The van der Waals surface area contributed by atoms with Gasteiger partial charge in [0.1, 0.15) is 5.75 Å². The highest BCUT2D eigenvalue weighted by Gasteiger charge is 2.24. The molecule has 0 fully saturated rings. The summed E-state index contributed by atoms with van der Waals surface area (Å²) in [5.41, 5.74) is 5.66. The van der Waals surface area contributed by atoms with Crippen molar-refractivity contribution in [2.75, 3.05) is 30.8 Å². The van der Waals surface area contributed by atoms with E-state index >= 15 is 0 Å². The highest BCUT2D eigenvalue weighted by Crippen LogP contribution is 2.34. The van der Waals surface area contributed by atoms with Crippen molar-refractivity contribution in [3.63, 3.8) is 0 Å². The van der Waals surface area contributed by atoms with E-state index in [0.717, 1.165) is 46.5 Å².